The number of aliphatic carboxylic acids is 1. The van der Waals surface area contributed by atoms with Crippen LogP contribution in [0.5, 0.6) is 0 Å². The molecule has 0 aromatic rings. The standard InChI is InChI=1S/C11H21N3O4/c1-3-5-12-9(15)7-14-11(18)13-6-8(4-2)10(16)17/h8H,3-7H2,1-2H3,(H,12,15)(H,16,17)(H2,13,14,18). The predicted octanol–water partition coefficient (Wildman–Crippen LogP) is -0.0774. The van der Waals surface area contributed by atoms with E-state index in [2.05, 4.69) is 16.0 Å². The molecule has 0 spiro atoms. The van der Waals surface area contributed by atoms with Crippen molar-refractivity contribution in [3.05, 3.63) is 0 Å². The van der Waals surface area contributed by atoms with Gasteiger partial charge in [0.2, 0.25) is 5.91 Å². The van der Waals surface area contributed by atoms with E-state index in [0.717, 1.165) is 6.42 Å². The van der Waals surface area contributed by atoms with Gasteiger partial charge in [-0.05, 0) is 12.8 Å². The van der Waals surface area contributed by atoms with Gasteiger partial charge in [0.05, 0.1) is 12.5 Å². The summed E-state index contributed by atoms with van der Waals surface area (Å²) in [6.07, 6.45) is 1.27. The van der Waals surface area contributed by atoms with Gasteiger partial charge in [0.15, 0.2) is 0 Å². The van der Waals surface area contributed by atoms with Gasteiger partial charge in [-0.15, -0.1) is 0 Å². The van der Waals surface area contributed by atoms with Crippen molar-refractivity contribution in [2.75, 3.05) is 19.6 Å². The lowest BCUT2D eigenvalue weighted by atomic mass is 10.1. The molecule has 0 rings (SSSR count). The summed E-state index contributed by atoms with van der Waals surface area (Å²) in [6.45, 7) is 4.16. The Bertz CT molecular complexity index is 294. The highest BCUT2D eigenvalue weighted by atomic mass is 16.4. The third kappa shape index (κ3) is 7.48. The normalized spacial score (nSPS) is 11.4. The third-order valence-corrected chi connectivity index (χ3v) is 2.33. The lowest BCUT2D eigenvalue weighted by molar-refractivity contribution is -0.141. The summed E-state index contributed by atoms with van der Waals surface area (Å²) in [4.78, 5) is 33.1. The van der Waals surface area contributed by atoms with Crippen molar-refractivity contribution in [2.45, 2.75) is 26.7 Å². The molecule has 0 saturated heterocycles. The van der Waals surface area contributed by atoms with Crippen LogP contribution in [0, 0.1) is 5.92 Å². The number of carbonyl (C=O) groups is 3. The maximum atomic E-state index is 11.3. The van der Waals surface area contributed by atoms with Crippen molar-refractivity contribution < 1.29 is 19.5 Å². The lowest BCUT2D eigenvalue weighted by Crippen LogP contribution is -2.44. The fourth-order valence-electron chi connectivity index (χ4n) is 1.17. The highest BCUT2D eigenvalue weighted by Gasteiger charge is 2.15. The van der Waals surface area contributed by atoms with Crippen molar-refractivity contribution in [3.8, 4) is 0 Å². The Kier molecular flexibility index (Phi) is 8.34. The van der Waals surface area contributed by atoms with Gasteiger partial charge in [0.25, 0.3) is 0 Å². The first kappa shape index (κ1) is 16.2. The molecule has 4 N–H and O–H groups in total. The molecule has 0 fully saturated rings. The van der Waals surface area contributed by atoms with Gasteiger partial charge in [-0.25, -0.2) is 4.79 Å². The molecule has 0 aromatic heterocycles. The summed E-state index contributed by atoms with van der Waals surface area (Å²) >= 11 is 0. The van der Waals surface area contributed by atoms with Gasteiger partial charge in [-0.2, -0.15) is 0 Å². The van der Waals surface area contributed by atoms with Crippen LogP contribution in [0.4, 0.5) is 4.79 Å². The maximum Gasteiger partial charge on any atom is 0.315 e. The topological polar surface area (TPSA) is 108 Å². The Morgan fingerprint density at radius 3 is 2.28 bits per heavy atom. The molecule has 0 bridgehead atoms. The number of nitrogens with one attached hydrogen (secondary N) is 3. The van der Waals surface area contributed by atoms with E-state index in [4.69, 9.17) is 5.11 Å². The molecule has 18 heavy (non-hydrogen) atoms. The molecule has 1 unspecified atom stereocenters. The minimum Gasteiger partial charge on any atom is -0.481 e. The summed E-state index contributed by atoms with van der Waals surface area (Å²) in [5.41, 5.74) is 0. The second-order valence-electron chi connectivity index (χ2n) is 3.86. The molecule has 0 radical (unpaired) electrons. The quantitative estimate of drug-likeness (QED) is 0.489. The Hall–Kier alpha value is -1.79. The first-order valence-electron chi connectivity index (χ1n) is 6.02. The third-order valence-electron chi connectivity index (χ3n) is 2.33. The van der Waals surface area contributed by atoms with Crippen LogP contribution in [-0.2, 0) is 9.59 Å². The zero-order valence-electron chi connectivity index (χ0n) is 10.8. The Balaban J connectivity index is 3.77. The van der Waals surface area contributed by atoms with Gasteiger partial charge < -0.3 is 21.1 Å². The average molecular weight is 259 g/mol. The molecule has 0 aliphatic heterocycles. The summed E-state index contributed by atoms with van der Waals surface area (Å²) in [5, 5.41) is 16.1. The fourth-order valence-corrected chi connectivity index (χ4v) is 1.17. The van der Waals surface area contributed by atoms with Gasteiger partial charge in [0, 0.05) is 13.1 Å². The molecule has 1 atom stereocenters. The van der Waals surface area contributed by atoms with Gasteiger partial charge in [-0.1, -0.05) is 13.8 Å². The van der Waals surface area contributed by atoms with Crippen LogP contribution in [0.3, 0.4) is 0 Å². The van der Waals surface area contributed by atoms with Crippen LogP contribution in [0.25, 0.3) is 0 Å². The van der Waals surface area contributed by atoms with E-state index in [0.29, 0.717) is 13.0 Å². The van der Waals surface area contributed by atoms with Crippen LogP contribution < -0.4 is 16.0 Å². The molecule has 0 aliphatic carbocycles. The van der Waals surface area contributed by atoms with Crippen molar-refractivity contribution >= 4 is 17.9 Å². The summed E-state index contributed by atoms with van der Waals surface area (Å²) in [5.74, 6) is -1.82. The Labute approximate surface area is 106 Å². The smallest absolute Gasteiger partial charge is 0.315 e. The van der Waals surface area contributed by atoms with E-state index in [1.165, 1.54) is 0 Å². The molecule has 0 aromatic carbocycles. The second kappa shape index (κ2) is 9.26. The van der Waals surface area contributed by atoms with Crippen molar-refractivity contribution in [1.29, 1.82) is 0 Å². The maximum absolute atomic E-state index is 11.3. The molecule has 0 heterocycles. The second-order valence-corrected chi connectivity index (χ2v) is 3.86. The number of urea groups is 1. The lowest BCUT2D eigenvalue weighted by Gasteiger charge is -2.11. The SMILES string of the molecule is CCCNC(=O)CNC(=O)NCC(CC)C(=O)O. The number of carbonyl (C=O) groups excluding carboxylic acids is 2. The highest BCUT2D eigenvalue weighted by Crippen LogP contribution is 1.99. The number of amides is 3. The van der Waals surface area contributed by atoms with E-state index in [-0.39, 0.29) is 19.0 Å². The van der Waals surface area contributed by atoms with Gasteiger partial charge in [-0.3, -0.25) is 9.59 Å². The Morgan fingerprint density at radius 2 is 1.78 bits per heavy atom. The van der Waals surface area contributed by atoms with E-state index in [1.807, 2.05) is 6.92 Å². The van der Waals surface area contributed by atoms with Crippen LogP contribution in [0.15, 0.2) is 0 Å². The summed E-state index contributed by atoms with van der Waals surface area (Å²) < 4.78 is 0. The number of carboxylic acids is 1. The zero-order chi connectivity index (χ0) is 14.0. The molecule has 104 valence electrons. The number of hydrogen-bond donors (Lipinski definition) is 4. The van der Waals surface area contributed by atoms with E-state index < -0.39 is 17.9 Å². The van der Waals surface area contributed by atoms with Gasteiger partial charge in [0.1, 0.15) is 0 Å². The molecule has 7 nitrogen and oxygen atoms in total. The molecular formula is C11H21N3O4. The van der Waals surface area contributed by atoms with E-state index >= 15 is 0 Å². The first-order valence-corrected chi connectivity index (χ1v) is 6.02. The van der Waals surface area contributed by atoms with E-state index in [9.17, 15) is 14.4 Å². The zero-order valence-corrected chi connectivity index (χ0v) is 10.8. The molecular weight excluding hydrogens is 238 g/mol. The van der Waals surface area contributed by atoms with Crippen molar-refractivity contribution in [1.82, 2.24) is 16.0 Å². The summed E-state index contributed by atoms with van der Waals surface area (Å²) in [7, 11) is 0. The minimum atomic E-state index is -0.946. The summed E-state index contributed by atoms with van der Waals surface area (Å²) in [6, 6.07) is -0.540. The molecule has 7 heteroatoms. The molecule has 3 amide bonds. The van der Waals surface area contributed by atoms with Crippen molar-refractivity contribution in [2.24, 2.45) is 5.92 Å². The largest absolute Gasteiger partial charge is 0.481 e. The first-order chi connectivity index (χ1) is 8.51. The average Bonchev–Trinajstić information content (AvgIpc) is 2.34. The number of hydrogen-bond acceptors (Lipinski definition) is 3. The van der Waals surface area contributed by atoms with Crippen LogP contribution in [-0.4, -0.2) is 42.6 Å². The monoisotopic (exact) mass is 259 g/mol. The van der Waals surface area contributed by atoms with E-state index in [1.54, 1.807) is 6.92 Å². The molecule has 0 saturated carbocycles. The fraction of sp³-hybridized carbons (Fsp3) is 0.727. The highest BCUT2D eigenvalue weighted by molar-refractivity contribution is 5.84. The van der Waals surface area contributed by atoms with Gasteiger partial charge >= 0.3 is 12.0 Å². The molecule has 0 aliphatic rings. The minimum absolute atomic E-state index is 0.0498. The van der Waals surface area contributed by atoms with Crippen molar-refractivity contribution in [3.63, 3.8) is 0 Å². The van der Waals surface area contributed by atoms with Crippen LogP contribution >= 0.6 is 0 Å². The van der Waals surface area contributed by atoms with Crippen LogP contribution in [0.2, 0.25) is 0 Å². The predicted molar refractivity (Wildman–Crippen MR) is 66.1 cm³/mol. The van der Waals surface area contributed by atoms with Crippen LogP contribution in [0.1, 0.15) is 26.7 Å². The Morgan fingerprint density at radius 1 is 1.11 bits per heavy atom. The number of carboxylic acid groups (broad SMARTS) is 1. The number of rotatable bonds is 8.